The highest BCUT2D eigenvalue weighted by atomic mass is 15.2. The van der Waals surface area contributed by atoms with Crippen LogP contribution < -0.4 is 0 Å². The lowest BCUT2D eigenvalue weighted by Gasteiger charge is -2.05. The van der Waals surface area contributed by atoms with Crippen LogP contribution in [-0.2, 0) is 19.4 Å². The summed E-state index contributed by atoms with van der Waals surface area (Å²) in [6, 6.07) is 3.82. The van der Waals surface area contributed by atoms with Crippen LogP contribution in [0.5, 0.6) is 0 Å². The molecule has 4 rings (SSSR count). The molecule has 0 radical (unpaired) electrons. The summed E-state index contributed by atoms with van der Waals surface area (Å²) in [5.74, 6) is 3.33. The standard InChI is InChI=1S/C18H20N8/c1-3-14-21-12(2)16(22-14)18-20-8-10-26(18)9-6-15-23-17(25-24-15)13-5-4-7-19-11-13/h4-5,7-8,10-11H,3,6,9H2,1-2H3,(H,21,22)(H,23,24,25). The Hall–Kier alpha value is -3.29. The van der Waals surface area contributed by atoms with E-state index in [0.29, 0.717) is 5.82 Å². The van der Waals surface area contributed by atoms with Crippen LogP contribution >= 0.6 is 0 Å². The van der Waals surface area contributed by atoms with Crippen molar-refractivity contribution in [1.82, 2.24) is 39.7 Å². The van der Waals surface area contributed by atoms with Crippen molar-refractivity contribution in [2.24, 2.45) is 0 Å². The number of aromatic amines is 2. The molecule has 26 heavy (non-hydrogen) atoms. The van der Waals surface area contributed by atoms with Gasteiger partial charge in [0.2, 0.25) is 0 Å². The lowest BCUT2D eigenvalue weighted by atomic mass is 10.3. The number of rotatable bonds is 6. The molecule has 0 saturated carbocycles. The highest BCUT2D eigenvalue weighted by molar-refractivity contribution is 5.54. The predicted molar refractivity (Wildman–Crippen MR) is 97.2 cm³/mol. The van der Waals surface area contributed by atoms with Gasteiger partial charge in [-0.05, 0) is 19.1 Å². The molecule has 0 bridgehead atoms. The molecule has 0 amide bonds. The zero-order valence-electron chi connectivity index (χ0n) is 14.8. The number of imidazole rings is 2. The number of nitrogens with one attached hydrogen (secondary N) is 2. The van der Waals surface area contributed by atoms with E-state index in [0.717, 1.165) is 53.8 Å². The number of aromatic nitrogens is 8. The van der Waals surface area contributed by atoms with E-state index in [2.05, 4.69) is 46.6 Å². The van der Waals surface area contributed by atoms with Crippen molar-refractivity contribution in [3.8, 4) is 22.9 Å². The van der Waals surface area contributed by atoms with Crippen LogP contribution in [0.2, 0.25) is 0 Å². The number of nitrogens with zero attached hydrogens (tertiary/aromatic N) is 6. The average Bonchev–Trinajstić information content (AvgIpc) is 3.40. The third kappa shape index (κ3) is 3.13. The van der Waals surface area contributed by atoms with Crippen LogP contribution in [0.4, 0.5) is 0 Å². The Bertz CT molecular complexity index is 995. The number of hydrogen-bond donors (Lipinski definition) is 2. The minimum Gasteiger partial charge on any atom is -0.345 e. The zero-order chi connectivity index (χ0) is 17.9. The van der Waals surface area contributed by atoms with Gasteiger partial charge in [0.15, 0.2) is 11.6 Å². The molecule has 4 aromatic heterocycles. The zero-order valence-corrected chi connectivity index (χ0v) is 14.8. The van der Waals surface area contributed by atoms with Crippen molar-refractivity contribution in [2.75, 3.05) is 0 Å². The highest BCUT2D eigenvalue weighted by Gasteiger charge is 2.14. The van der Waals surface area contributed by atoms with Crippen molar-refractivity contribution in [1.29, 1.82) is 0 Å². The summed E-state index contributed by atoms with van der Waals surface area (Å²) in [5, 5.41) is 7.28. The van der Waals surface area contributed by atoms with Crippen LogP contribution in [0.3, 0.4) is 0 Å². The lowest BCUT2D eigenvalue weighted by molar-refractivity contribution is 0.678. The summed E-state index contributed by atoms with van der Waals surface area (Å²) < 4.78 is 2.09. The van der Waals surface area contributed by atoms with Gasteiger partial charge in [0, 0.05) is 55.4 Å². The fraction of sp³-hybridized carbons (Fsp3) is 0.278. The molecule has 132 valence electrons. The summed E-state index contributed by atoms with van der Waals surface area (Å²) >= 11 is 0. The van der Waals surface area contributed by atoms with Crippen molar-refractivity contribution in [3.63, 3.8) is 0 Å². The fourth-order valence-corrected chi connectivity index (χ4v) is 2.87. The highest BCUT2D eigenvalue weighted by Crippen LogP contribution is 2.20. The van der Waals surface area contributed by atoms with E-state index in [9.17, 15) is 0 Å². The summed E-state index contributed by atoms with van der Waals surface area (Å²) in [5.41, 5.74) is 2.84. The van der Waals surface area contributed by atoms with Gasteiger partial charge in [-0.3, -0.25) is 10.1 Å². The first-order valence-corrected chi connectivity index (χ1v) is 8.63. The van der Waals surface area contributed by atoms with E-state index in [1.807, 2.05) is 25.3 Å². The Morgan fingerprint density at radius 3 is 2.85 bits per heavy atom. The molecule has 2 N–H and O–H groups in total. The van der Waals surface area contributed by atoms with Crippen LogP contribution in [0.15, 0.2) is 36.9 Å². The van der Waals surface area contributed by atoms with Gasteiger partial charge >= 0.3 is 0 Å². The van der Waals surface area contributed by atoms with Crippen LogP contribution in [0, 0.1) is 6.92 Å². The van der Waals surface area contributed by atoms with Gasteiger partial charge in [-0.2, -0.15) is 5.10 Å². The SMILES string of the molecule is CCc1nc(-c2nccn2CCc2nc(-c3cccnc3)n[nH]2)c(C)[nH]1. The monoisotopic (exact) mass is 348 g/mol. The van der Waals surface area contributed by atoms with Gasteiger partial charge in [0.25, 0.3) is 0 Å². The number of H-pyrrole nitrogens is 2. The van der Waals surface area contributed by atoms with Crippen molar-refractivity contribution < 1.29 is 0 Å². The molecular formula is C18H20N8. The predicted octanol–water partition coefficient (Wildman–Crippen LogP) is 2.57. The number of pyridine rings is 1. The first kappa shape index (κ1) is 16.2. The molecule has 0 saturated heterocycles. The lowest BCUT2D eigenvalue weighted by Crippen LogP contribution is -2.04. The van der Waals surface area contributed by atoms with Crippen molar-refractivity contribution in [2.45, 2.75) is 33.2 Å². The van der Waals surface area contributed by atoms with E-state index in [1.54, 1.807) is 18.6 Å². The third-order valence-corrected chi connectivity index (χ3v) is 4.24. The molecule has 8 nitrogen and oxygen atoms in total. The van der Waals surface area contributed by atoms with E-state index in [-0.39, 0.29) is 0 Å². The number of hydrogen-bond acceptors (Lipinski definition) is 5. The van der Waals surface area contributed by atoms with E-state index >= 15 is 0 Å². The molecular weight excluding hydrogens is 328 g/mol. The molecule has 0 aliphatic rings. The summed E-state index contributed by atoms with van der Waals surface area (Å²) in [6.07, 6.45) is 8.85. The van der Waals surface area contributed by atoms with Gasteiger partial charge in [0.1, 0.15) is 17.3 Å². The second kappa shape index (κ2) is 6.91. The molecule has 0 aliphatic heterocycles. The Kier molecular flexibility index (Phi) is 4.30. The summed E-state index contributed by atoms with van der Waals surface area (Å²) in [6.45, 7) is 4.85. The van der Waals surface area contributed by atoms with Gasteiger partial charge in [-0.15, -0.1) is 0 Å². The molecule has 0 fully saturated rings. The molecule has 4 aromatic rings. The van der Waals surface area contributed by atoms with Gasteiger partial charge in [-0.1, -0.05) is 6.92 Å². The largest absolute Gasteiger partial charge is 0.345 e. The van der Waals surface area contributed by atoms with Crippen molar-refractivity contribution in [3.05, 3.63) is 54.3 Å². The van der Waals surface area contributed by atoms with E-state index in [4.69, 9.17) is 0 Å². The van der Waals surface area contributed by atoms with Crippen molar-refractivity contribution >= 4 is 0 Å². The summed E-state index contributed by atoms with van der Waals surface area (Å²) in [4.78, 5) is 21.1. The van der Waals surface area contributed by atoms with Gasteiger partial charge in [-0.25, -0.2) is 15.0 Å². The van der Waals surface area contributed by atoms with Gasteiger partial charge < -0.3 is 9.55 Å². The first-order chi connectivity index (χ1) is 12.7. The Balaban J connectivity index is 1.50. The number of aryl methyl sites for hydroxylation is 4. The quantitative estimate of drug-likeness (QED) is 0.558. The van der Waals surface area contributed by atoms with E-state index in [1.165, 1.54) is 0 Å². The minimum atomic E-state index is 0.662. The van der Waals surface area contributed by atoms with Crippen LogP contribution in [0.25, 0.3) is 22.9 Å². The Labute approximate surface area is 150 Å². The molecule has 8 heteroatoms. The van der Waals surface area contributed by atoms with Crippen LogP contribution in [0.1, 0.15) is 24.3 Å². The Morgan fingerprint density at radius 2 is 2.08 bits per heavy atom. The summed E-state index contributed by atoms with van der Waals surface area (Å²) in [7, 11) is 0. The third-order valence-electron chi connectivity index (χ3n) is 4.24. The second-order valence-electron chi connectivity index (χ2n) is 6.05. The molecule has 0 unspecified atom stereocenters. The Morgan fingerprint density at radius 1 is 1.15 bits per heavy atom. The maximum absolute atomic E-state index is 4.65. The minimum absolute atomic E-state index is 0.662. The van der Waals surface area contributed by atoms with Crippen LogP contribution in [-0.4, -0.2) is 39.7 Å². The average molecular weight is 348 g/mol. The van der Waals surface area contributed by atoms with Gasteiger partial charge in [0.05, 0.1) is 0 Å². The molecule has 0 atom stereocenters. The molecule has 4 heterocycles. The fourth-order valence-electron chi connectivity index (χ4n) is 2.87. The smallest absolute Gasteiger partial charge is 0.182 e. The normalized spacial score (nSPS) is 11.2. The topological polar surface area (TPSA) is 101 Å². The first-order valence-electron chi connectivity index (χ1n) is 8.63. The molecule has 0 aromatic carbocycles. The van der Waals surface area contributed by atoms with E-state index < -0.39 is 0 Å². The molecule has 0 aliphatic carbocycles. The second-order valence-corrected chi connectivity index (χ2v) is 6.05. The maximum atomic E-state index is 4.65. The molecule has 0 spiro atoms. The maximum Gasteiger partial charge on any atom is 0.182 e.